The minimum Gasteiger partial charge on any atom is -0.383 e. The van der Waals surface area contributed by atoms with Gasteiger partial charge in [0.25, 0.3) is 11.8 Å². The second-order valence-corrected chi connectivity index (χ2v) is 8.12. The monoisotopic (exact) mass is 464 g/mol. The van der Waals surface area contributed by atoms with Crippen molar-refractivity contribution in [2.24, 2.45) is 0 Å². The van der Waals surface area contributed by atoms with E-state index in [1.165, 1.54) is 11.3 Å². The fourth-order valence-corrected chi connectivity index (χ4v) is 4.11. The number of benzene rings is 1. The summed E-state index contributed by atoms with van der Waals surface area (Å²) < 4.78 is 6.90. The molecule has 2 amide bonds. The first-order valence-corrected chi connectivity index (χ1v) is 11.2. The van der Waals surface area contributed by atoms with E-state index in [1.807, 2.05) is 35.0 Å². The maximum atomic E-state index is 12.3. The van der Waals surface area contributed by atoms with E-state index in [9.17, 15) is 9.59 Å². The highest BCUT2D eigenvalue weighted by Gasteiger charge is 2.16. The minimum absolute atomic E-state index is 0.128. The first kappa shape index (κ1) is 22.4. The first-order valence-electron chi connectivity index (χ1n) is 10.3. The van der Waals surface area contributed by atoms with Crippen LogP contribution in [0.4, 0.5) is 10.8 Å². The number of fused-ring (bicyclic) bond motifs is 1. The molecule has 0 atom stereocenters. The Morgan fingerprint density at radius 1 is 1.09 bits per heavy atom. The van der Waals surface area contributed by atoms with Crippen molar-refractivity contribution >= 4 is 39.6 Å². The summed E-state index contributed by atoms with van der Waals surface area (Å²) in [6, 6.07) is 10.7. The summed E-state index contributed by atoms with van der Waals surface area (Å²) in [6.07, 6.45) is 1.83. The van der Waals surface area contributed by atoms with Crippen LogP contribution >= 0.6 is 11.3 Å². The van der Waals surface area contributed by atoms with E-state index in [0.717, 1.165) is 27.9 Å². The SMILES string of the molecule is CNC(=O)c1ccc(Nc2nc(-c3c(C)nc4cc(C(=O)NCCOC)ccn34)cs2)cc1. The quantitative estimate of drug-likeness (QED) is 0.346. The molecule has 0 radical (unpaired) electrons. The zero-order valence-corrected chi connectivity index (χ0v) is 19.3. The van der Waals surface area contributed by atoms with Crippen LogP contribution in [-0.2, 0) is 4.74 Å². The molecule has 0 aliphatic heterocycles. The van der Waals surface area contributed by atoms with Gasteiger partial charge in [-0.15, -0.1) is 11.3 Å². The van der Waals surface area contributed by atoms with Crippen molar-refractivity contribution in [3.8, 4) is 11.4 Å². The van der Waals surface area contributed by atoms with Gasteiger partial charge in [-0.05, 0) is 43.3 Å². The Morgan fingerprint density at radius 2 is 1.88 bits per heavy atom. The van der Waals surface area contributed by atoms with Crippen molar-refractivity contribution in [1.29, 1.82) is 0 Å². The molecule has 0 spiro atoms. The van der Waals surface area contributed by atoms with Crippen LogP contribution in [0.25, 0.3) is 17.0 Å². The van der Waals surface area contributed by atoms with E-state index in [-0.39, 0.29) is 11.8 Å². The van der Waals surface area contributed by atoms with E-state index in [0.29, 0.717) is 29.9 Å². The van der Waals surface area contributed by atoms with Crippen LogP contribution in [0.15, 0.2) is 48.0 Å². The molecule has 10 heteroatoms. The third-order valence-electron chi connectivity index (χ3n) is 5.03. The molecule has 3 N–H and O–H groups in total. The number of hydrogen-bond acceptors (Lipinski definition) is 7. The fraction of sp³-hybridized carbons (Fsp3) is 0.217. The Hall–Kier alpha value is -3.76. The molecular formula is C23H24N6O3S. The van der Waals surface area contributed by atoms with Gasteiger partial charge < -0.3 is 20.7 Å². The van der Waals surface area contributed by atoms with E-state index in [2.05, 4.69) is 20.9 Å². The second-order valence-electron chi connectivity index (χ2n) is 7.26. The number of anilines is 2. The third-order valence-corrected chi connectivity index (χ3v) is 5.78. The van der Waals surface area contributed by atoms with Gasteiger partial charge in [-0.2, -0.15) is 0 Å². The number of carbonyl (C=O) groups excluding carboxylic acids is 2. The fourth-order valence-electron chi connectivity index (χ4n) is 3.39. The van der Waals surface area contributed by atoms with Crippen molar-refractivity contribution in [1.82, 2.24) is 25.0 Å². The lowest BCUT2D eigenvalue weighted by molar-refractivity contribution is 0.0935. The van der Waals surface area contributed by atoms with E-state index in [1.54, 1.807) is 38.4 Å². The van der Waals surface area contributed by atoms with E-state index >= 15 is 0 Å². The summed E-state index contributed by atoms with van der Waals surface area (Å²) >= 11 is 1.48. The number of nitrogens with zero attached hydrogens (tertiary/aromatic N) is 3. The maximum Gasteiger partial charge on any atom is 0.251 e. The highest BCUT2D eigenvalue weighted by molar-refractivity contribution is 7.14. The van der Waals surface area contributed by atoms with Crippen LogP contribution in [0.2, 0.25) is 0 Å². The summed E-state index contributed by atoms with van der Waals surface area (Å²) in [5, 5.41) is 11.4. The molecule has 0 unspecified atom stereocenters. The zero-order chi connectivity index (χ0) is 23.4. The number of carbonyl (C=O) groups is 2. The predicted molar refractivity (Wildman–Crippen MR) is 128 cm³/mol. The molecule has 3 heterocycles. The zero-order valence-electron chi connectivity index (χ0n) is 18.5. The molecule has 0 bridgehead atoms. The summed E-state index contributed by atoms with van der Waals surface area (Å²) in [7, 11) is 3.20. The van der Waals surface area contributed by atoms with Gasteiger partial charge in [0, 0.05) is 49.1 Å². The van der Waals surface area contributed by atoms with Crippen LogP contribution in [0.3, 0.4) is 0 Å². The molecule has 0 saturated heterocycles. The van der Waals surface area contributed by atoms with Gasteiger partial charge in [-0.1, -0.05) is 0 Å². The predicted octanol–water partition coefficient (Wildman–Crippen LogP) is 3.25. The Kier molecular flexibility index (Phi) is 6.66. The normalized spacial score (nSPS) is 10.9. The van der Waals surface area contributed by atoms with Gasteiger partial charge in [0.05, 0.1) is 18.0 Å². The van der Waals surface area contributed by atoms with Gasteiger partial charge in [-0.25, -0.2) is 9.97 Å². The summed E-state index contributed by atoms with van der Waals surface area (Å²) in [5.41, 5.74) is 5.12. The number of nitrogens with one attached hydrogen (secondary N) is 3. The van der Waals surface area contributed by atoms with Crippen LogP contribution in [0, 0.1) is 6.92 Å². The summed E-state index contributed by atoms with van der Waals surface area (Å²) in [5.74, 6) is -0.295. The summed E-state index contributed by atoms with van der Waals surface area (Å²) in [4.78, 5) is 33.4. The Balaban J connectivity index is 1.54. The van der Waals surface area contributed by atoms with Crippen molar-refractivity contribution in [2.75, 3.05) is 32.6 Å². The number of hydrogen-bond donors (Lipinski definition) is 3. The summed E-state index contributed by atoms with van der Waals surface area (Å²) in [6.45, 7) is 2.83. The Morgan fingerprint density at radius 3 is 2.61 bits per heavy atom. The molecule has 4 aromatic rings. The van der Waals surface area contributed by atoms with Gasteiger partial charge in [-0.3, -0.25) is 14.0 Å². The smallest absolute Gasteiger partial charge is 0.251 e. The van der Waals surface area contributed by atoms with Crippen molar-refractivity contribution in [2.45, 2.75) is 6.92 Å². The Labute approximate surface area is 194 Å². The first-order chi connectivity index (χ1) is 16.0. The number of methoxy groups -OCH3 is 1. The highest BCUT2D eigenvalue weighted by atomic mass is 32.1. The molecule has 33 heavy (non-hydrogen) atoms. The number of amides is 2. The number of ether oxygens (including phenoxy) is 1. The van der Waals surface area contributed by atoms with Crippen LogP contribution in [0.5, 0.6) is 0 Å². The topological polar surface area (TPSA) is 110 Å². The van der Waals surface area contributed by atoms with Crippen LogP contribution in [0.1, 0.15) is 26.4 Å². The number of imidazole rings is 1. The molecule has 1 aromatic carbocycles. The molecule has 3 aromatic heterocycles. The number of pyridine rings is 1. The molecule has 0 fully saturated rings. The van der Waals surface area contributed by atoms with Crippen LogP contribution < -0.4 is 16.0 Å². The molecule has 0 saturated carbocycles. The lowest BCUT2D eigenvalue weighted by Crippen LogP contribution is -2.26. The number of thiazole rings is 1. The molecule has 0 aliphatic carbocycles. The van der Waals surface area contributed by atoms with E-state index < -0.39 is 0 Å². The van der Waals surface area contributed by atoms with Crippen LogP contribution in [-0.4, -0.2) is 53.5 Å². The van der Waals surface area contributed by atoms with Gasteiger partial charge in [0.2, 0.25) is 0 Å². The highest BCUT2D eigenvalue weighted by Crippen LogP contribution is 2.30. The minimum atomic E-state index is -0.167. The van der Waals surface area contributed by atoms with Crippen molar-refractivity contribution in [3.63, 3.8) is 0 Å². The number of rotatable bonds is 8. The lowest BCUT2D eigenvalue weighted by Gasteiger charge is -2.06. The van der Waals surface area contributed by atoms with Gasteiger partial charge in [0.15, 0.2) is 5.13 Å². The standard InChI is InChI=1S/C23H24N6O3S/c1-14-20(29-10-8-16(12-19(29)26-14)22(31)25-9-11-32-3)18-13-33-23(28-18)27-17-6-4-15(5-7-17)21(30)24-2/h4-8,10,12-13H,9,11H2,1-3H3,(H,24,30)(H,25,31)(H,27,28). The van der Waals surface area contributed by atoms with Gasteiger partial charge in [0.1, 0.15) is 11.3 Å². The largest absolute Gasteiger partial charge is 0.383 e. The molecular weight excluding hydrogens is 440 g/mol. The van der Waals surface area contributed by atoms with Crippen molar-refractivity contribution in [3.05, 3.63) is 64.8 Å². The number of aromatic nitrogens is 3. The second kappa shape index (κ2) is 9.80. The average molecular weight is 465 g/mol. The van der Waals surface area contributed by atoms with Gasteiger partial charge >= 0.3 is 0 Å². The Bertz CT molecular complexity index is 1300. The average Bonchev–Trinajstić information content (AvgIpc) is 3.41. The molecule has 9 nitrogen and oxygen atoms in total. The van der Waals surface area contributed by atoms with Crippen molar-refractivity contribution < 1.29 is 14.3 Å². The molecule has 0 aliphatic rings. The molecule has 4 rings (SSSR count). The van der Waals surface area contributed by atoms with E-state index in [4.69, 9.17) is 9.72 Å². The third kappa shape index (κ3) is 4.86. The molecule has 170 valence electrons. The lowest BCUT2D eigenvalue weighted by atomic mass is 10.2. The number of aryl methyl sites for hydroxylation is 1. The maximum absolute atomic E-state index is 12.3.